The third-order valence-corrected chi connectivity index (χ3v) is 5.16. The Hall–Kier alpha value is -2.77. The molecule has 164 valence electrons. The first-order chi connectivity index (χ1) is 15.0. The quantitative estimate of drug-likeness (QED) is 0.220. The van der Waals surface area contributed by atoms with Gasteiger partial charge in [-0.05, 0) is 72.8 Å². The van der Waals surface area contributed by atoms with Crippen LogP contribution in [0.5, 0.6) is 0 Å². The average molecular weight is 542 g/mol. The van der Waals surface area contributed by atoms with E-state index in [2.05, 4.69) is 21.1 Å². The second kappa shape index (κ2) is 11.0. The number of hydroxylamine groups is 1. The maximum atomic E-state index is 14.3. The molecule has 9 nitrogen and oxygen atoms in total. The molecule has 31 heavy (non-hydrogen) atoms. The van der Waals surface area contributed by atoms with Crippen LogP contribution in [0, 0.1) is 9.39 Å². The summed E-state index contributed by atoms with van der Waals surface area (Å²) in [6, 6.07) is 6.44. The summed E-state index contributed by atoms with van der Waals surface area (Å²) in [5.41, 5.74) is 3.51. The summed E-state index contributed by atoms with van der Waals surface area (Å²) in [6.45, 7) is 1.44. The number of carbonyl (C=O) groups excluding carboxylic acids is 1. The molecule has 0 atom stereocenters. The van der Waals surface area contributed by atoms with Crippen LogP contribution in [0.3, 0.4) is 0 Å². The number of rotatable bonds is 5. The van der Waals surface area contributed by atoms with Gasteiger partial charge in [-0.25, -0.2) is 9.87 Å². The fourth-order valence-electron chi connectivity index (χ4n) is 3.05. The lowest BCUT2D eigenvalue weighted by Crippen LogP contribution is -2.37. The van der Waals surface area contributed by atoms with Gasteiger partial charge in [0.2, 0.25) is 5.76 Å². The zero-order chi connectivity index (χ0) is 22.2. The highest BCUT2D eigenvalue weighted by atomic mass is 127. The van der Waals surface area contributed by atoms with E-state index in [0.29, 0.717) is 16.7 Å². The molecule has 3 aromatic rings. The van der Waals surface area contributed by atoms with Crippen LogP contribution >= 0.6 is 22.6 Å². The second-order valence-corrected chi connectivity index (χ2v) is 7.78. The number of anilines is 2. The molecule has 4 rings (SSSR count). The SMILES string of the molecule is O=C(NOC1CCNCC1)c1oc2ccncc2c1Nc1ccc(I)cc1F.O=CO. The van der Waals surface area contributed by atoms with E-state index < -0.39 is 11.7 Å². The summed E-state index contributed by atoms with van der Waals surface area (Å²) in [7, 11) is 0. The minimum atomic E-state index is -0.539. The van der Waals surface area contributed by atoms with Crippen molar-refractivity contribution >= 4 is 57.3 Å². The molecule has 0 bridgehead atoms. The number of hydrogen-bond acceptors (Lipinski definition) is 7. The first-order valence-electron chi connectivity index (χ1n) is 9.36. The van der Waals surface area contributed by atoms with Gasteiger partial charge in [-0.3, -0.25) is 19.4 Å². The lowest BCUT2D eigenvalue weighted by Gasteiger charge is -2.22. The van der Waals surface area contributed by atoms with Crippen molar-refractivity contribution in [2.45, 2.75) is 18.9 Å². The minimum absolute atomic E-state index is 0.00915. The first-order valence-corrected chi connectivity index (χ1v) is 10.4. The van der Waals surface area contributed by atoms with Gasteiger partial charge in [-0.15, -0.1) is 0 Å². The number of carboxylic acid groups (broad SMARTS) is 1. The molecule has 0 aliphatic carbocycles. The van der Waals surface area contributed by atoms with Crippen molar-refractivity contribution in [3.05, 3.63) is 51.8 Å². The van der Waals surface area contributed by atoms with Gasteiger partial charge in [-0.2, -0.15) is 0 Å². The highest BCUT2D eigenvalue weighted by Crippen LogP contribution is 2.33. The fourth-order valence-corrected chi connectivity index (χ4v) is 3.50. The number of piperidine rings is 1. The molecule has 0 radical (unpaired) electrons. The van der Waals surface area contributed by atoms with Crippen LogP contribution in [0.1, 0.15) is 23.4 Å². The molecule has 0 unspecified atom stereocenters. The summed E-state index contributed by atoms with van der Waals surface area (Å²) in [5, 5.41) is 13.7. The summed E-state index contributed by atoms with van der Waals surface area (Å²) < 4.78 is 20.8. The molecular formula is C20H20FIN4O5. The number of aromatic nitrogens is 1. The third-order valence-electron chi connectivity index (χ3n) is 4.49. The lowest BCUT2D eigenvalue weighted by molar-refractivity contribution is -0.122. The topological polar surface area (TPSA) is 126 Å². The summed E-state index contributed by atoms with van der Waals surface area (Å²) in [4.78, 5) is 30.7. The first kappa shape index (κ1) is 22.9. The van der Waals surface area contributed by atoms with E-state index in [4.69, 9.17) is 19.2 Å². The number of halogens is 2. The van der Waals surface area contributed by atoms with Crippen molar-refractivity contribution in [1.29, 1.82) is 0 Å². The molecule has 2 aromatic heterocycles. The fraction of sp³-hybridized carbons (Fsp3) is 0.250. The molecule has 1 amide bonds. The summed E-state index contributed by atoms with van der Waals surface area (Å²) >= 11 is 2.03. The molecule has 11 heteroatoms. The predicted octanol–water partition coefficient (Wildman–Crippen LogP) is 3.43. The number of amides is 1. The smallest absolute Gasteiger partial charge is 0.312 e. The van der Waals surface area contributed by atoms with Gasteiger partial charge in [-0.1, -0.05) is 0 Å². The molecule has 0 spiro atoms. The molecular weight excluding hydrogens is 522 g/mol. The Labute approximate surface area is 190 Å². The van der Waals surface area contributed by atoms with E-state index in [0.717, 1.165) is 29.5 Å². The standard InChI is InChI=1S/C19H18FIN4O3.CH2O2/c20-14-9-11(21)1-2-15(14)24-17-13-10-23-8-5-16(13)27-18(17)19(26)25-28-12-3-6-22-7-4-12;2-1-3/h1-2,5,8-10,12,22,24H,3-4,6-7H2,(H,25,26);1H,(H,2,3). The molecule has 1 aliphatic heterocycles. The van der Waals surface area contributed by atoms with E-state index in [1.807, 2.05) is 22.6 Å². The number of nitrogens with one attached hydrogen (secondary N) is 3. The Morgan fingerprint density at radius 3 is 2.81 bits per heavy atom. The Bertz CT molecular complexity index is 1060. The van der Waals surface area contributed by atoms with Crippen LogP contribution < -0.4 is 16.1 Å². The number of furan rings is 1. The average Bonchev–Trinajstić information content (AvgIpc) is 3.14. The highest BCUT2D eigenvalue weighted by Gasteiger charge is 2.23. The summed E-state index contributed by atoms with van der Waals surface area (Å²) in [5.74, 6) is -0.958. The van der Waals surface area contributed by atoms with E-state index in [1.54, 1.807) is 30.6 Å². The van der Waals surface area contributed by atoms with Gasteiger partial charge in [0, 0.05) is 16.0 Å². The molecule has 0 saturated carbocycles. The van der Waals surface area contributed by atoms with Crippen molar-refractivity contribution in [3.63, 3.8) is 0 Å². The van der Waals surface area contributed by atoms with Crippen LogP contribution in [0.4, 0.5) is 15.8 Å². The Balaban J connectivity index is 0.000000858. The third kappa shape index (κ3) is 5.89. The minimum Gasteiger partial charge on any atom is -0.483 e. The zero-order valence-electron chi connectivity index (χ0n) is 16.2. The van der Waals surface area contributed by atoms with E-state index in [9.17, 15) is 9.18 Å². The van der Waals surface area contributed by atoms with Crippen LogP contribution in [-0.4, -0.2) is 41.7 Å². The van der Waals surface area contributed by atoms with Gasteiger partial charge >= 0.3 is 5.91 Å². The number of carbonyl (C=O) groups is 2. The lowest BCUT2D eigenvalue weighted by atomic mass is 10.1. The highest BCUT2D eigenvalue weighted by molar-refractivity contribution is 14.1. The van der Waals surface area contributed by atoms with Gasteiger partial charge in [0.15, 0.2) is 0 Å². The number of fused-ring (bicyclic) bond motifs is 1. The maximum Gasteiger partial charge on any atom is 0.312 e. The van der Waals surface area contributed by atoms with E-state index in [-0.39, 0.29) is 24.0 Å². The van der Waals surface area contributed by atoms with Gasteiger partial charge < -0.3 is 20.2 Å². The number of nitrogens with zero attached hydrogens (tertiary/aromatic N) is 1. The number of pyridine rings is 1. The molecule has 1 aromatic carbocycles. The largest absolute Gasteiger partial charge is 0.483 e. The van der Waals surface area contributed by atoms with Crippen molar-refractivity contribution in [1.82, 2.24) is 15.8 Å². The van der Waals surface area contributed by atoms with Crippen LogP contribution in [-0.2, 0) is 9.63 Å². The molecule has 3 heterocycles. The predicted molar refractivity (Wildman–Crippen MR) is 120 cm³/mol. The Kier molecular flexibility index (Phi) is 8.14. The van der Waals surface area contributed by atoms with Gasteiger partial charge in [0.1, 0.15) is 17.1 Å². The Morgan fingerprint density at radius 2 is 2.10 bits per heavy atom. The van der Waals surface area contributed by atoms with Gasteiger partial charge in [0.05, 0.1) is 17.2 Å². The zero-order valence-corrected chi connectivity index (χ0v) is 18.4. The van der Waals surface area contributed by atoms with Crippen LogP contribution in [0.2, 0.25) is 0 Å². The van der Waals surface area contributed by atoms with Crippen molar-refractivity contribution < 1.29 is 28.3 Å². The molecule has 4 N–H and O–H groups in total. The molecule has 1 saturated heterocycles. The normalized spacial score (nSPS) is 13.9. The summed E-state index contributed by atoms with van der Waals surface area (Å²) in [6.07, 6.45) is 4.69. The number of benzene rings is 1. The van der Waals surface area contributed by atoms with E-state index >= 15 is 0 Å². The van der Waals surface area contributed by atoms with E-state index in [1.165, 1.54) is 6.07 Å². The maximum absolute atomic E-state index is 14.3. The molecule has 1 aliphatic rings. The monoisotopic (exact) mass is 542 g/mol. The van der Waals surface area contributed by atoms with Crippen molar-refractivity contribution in [2.24, 2.45) is 0 Å². The molecule has 1 fully saturated rings. The van der Waals surface area contributed by atoms with Crippen molar-refractivity contribution in [2.75, 3.05) is 18.4 Å². The van der Waals surface area contributed by atoms with Crippen LogP contribution in [0.25, 0.3) is 11.0 Å². The van der Waals surface area contributed by atoms with Gasteiger partial charge in [0.25, 0.3) is 6.47 Å². The van der Waals surface area contributed by atoms with Crippen LogP contribution in [0.15, 0.2) is 41.1 Å². The number of hydrogen-bond donors (Lipinski definition) is 4. The second-order valence-electron chi connectivity index (χ2n) is 6.53. The van der Waals surface area contributed by atoms with Crippen molar-refractivity contribution in [3.8, 4) is 0 Å². The Morgan fingerprint density at radius 1 is 1.35 bits per heavy atom.